The molecule has 0 unspecified atom stereocenters. The number of fused-ring (bicyclic) bond motifs is 1. The van der Waals surface area contributed by atoms with E-state index in [0.717, 1.165) is 5.56 Å². The van der Waals surface area contributed by atoms with Gasteiger partial charge in [0.1, 0.15) is 0 Å². The third-order valence-electron chi connectivity index (χ3n) is 4.44. The Kier molecular flexibility index (Phi) is 5.31. The van der Waals surface area contributed by atoms with E-state index in [0.29, 0.717) is 34.5 Å². The van der Waals surface area contributed by atoms with E-state index in [1.807, 2.05) is 13.8 Å². The number of nitrogens with one attached hydrogen (secondary N) is 1. The van der Waals surface area contributed by atoms with E-state index < -0.39 is 11.9 Å². The SMILES string of the molecule is CC(=O)n1cc(C(=O)Nc2cc(CC(C)C)cc(C(=O)O)c2)c2ccccc21. The maximum Gasteiger partial charge on any atom is 0.335 e. The maximum atomic E-state index is 12.9. The molecule has 0 spiro atoms. The first-order chi connectivity index (χ1) is 13.3. The molecule has 0 bridgehead atoms. The minimum atomic E-state index is -1.05. The minimum Gasteiger partial charge on any atom is -0.478 e. The molecule has 0 aliphatic carbocycles. The molecule has 1 heterocycles. The van der Waals surface area contributed by atoms with Gasteiger partial charge in [-0.1, -0.05) is 32.0 Å². The molecule has 0 fully saturated rings. The van der Waals surface area contributed by atoms with E-state index in [1.54, 1.807) is 36.4 Å². The molecule has 1 aromatic heterocycles. The van der Waals surface area contributed by atoms with Gasteiger partial charge in [0.15, 0.2) is 0 Å². The average molecular weight is 378 g/mol. The molecule has 0 aliphatic rings. The number of nitrogens with zero attached hydrogens (tertiary/aromatic N) is 1. The second-order valence-electron chi connectivity index (χ2n) is 7.22. The van der Waals surface area contributed by atoms with Crippen molar-refractivity contribution >= 4 is 34.4 Å². The molecule has 6 nitrogen and oxygen atoms in total. The van der Waals surface area contributed by atoms with Crippen molar-refractivity contribution in [3.8, 4) is 0 Å². The number of carboxylic acid groups (broad SMARTS) is 1. The molecule has 0 saturated carbocycles. The molecular formula is C22H22N2O4. The van der Waals surface area contributed by atoms with Gasteiger partial charge in [-0.15, -0.1) is 0 Å². The first-order valence-electron chi connectivity index (χ1n) is 9.06. The van der Waals surface area contributed by atoms with Crippen molar-refractivity contribution in [2.45, 2.75) is 27.2 Å². The highest BCUT2D eigenvalue weighted by atomic mass is 16.4. The number of hydrogen-bond acceptors (Lipinski definition) is 3. The quantitative estimate of drug-likeness (QED) is 0.686. The maximum absolute atomic E-state index is 12.9. The fourth-order valence-corrected chi connectivity index (χ4v) is 3.30. The van der Waals surface area contributed by atoms with E-state index in [4.69, 9.17) is 0 Å². The molecule has 144 valence electrons. The highest BCUT2D eigenvalue weighted by molar-refractivity contribution is 6.14. The molecular weight excluding hydrogens is 356 g/mol. The van der Waals surface area contributed by atoms with Crippen molar-refractivity contribution in [1.82, 2.24) is 4.57 Å². The summed E-state index contributed by atoms with van der Waals surface area (Å²) in [5.74, 6) is -1.29. The first-order valence-corrected chi connectivity index (χ1v) is 9.06. The lowest BCUT2D eigenvalue weighted by Crippen LogP contribution is -2.13. The van der Waals surface area contributed by atoms with Gasteiger partial charge in [-0.3, -0.25) is 14.2 Å². The van der Waals surface area contributed by atoms with E-state index in [2.05, 4.69) is 5.32 Å². The third-order valence-corrected chi connectivity index (χ3v) is 4.44. The lowest BCUT2D eigenvalue weighted by atomic mass is 10.00. The molecule has 3 aromatic rings. The topological polar surface area (TPSA) is 88.4 Å². The smallest absolute Gasteiger partial charge is 0.335 e. The van der Waals surface area contributed by atoms with Crippen LogP contribution >= 0.6 is 0 Å². The summed E-state index contributed by atoms with van der Waals surface area (Å²) >= 11 is 0. The van der Waals surface area contributed by atoms with E-state index in [9.17, 15) is 19.5 Å². The molecule has 0 aliphatic heterocycles. The number of amides is 1. The number of anilines is 1. The summed E-state index contributed by atoms with van der Waals surface area (Å²) in [6, 6.07) is 12.0. The monoisotopic (exact) mass is 378 g/mol. The summed E-state index contributed by atoms with van der Waals surface area (Å²) in [5, 5.41) is 12.8. The first kappa shape index (κ1) is 19.4. The predicted octanol–water partition coefficient (Wildman–Crippen LogP) is 4.45. The number of carbonyl (C=O) groups excluding carboxylic acids is 2. The number of para-hydroxylation sites is 1. The number of aromatic nitrogens is 1. The highest BCUT2D eigenvalue weighted by Crippen LogP contribution is 2.24. The van der Waals surface area contributed by atoms with Crippen molar-refractivity contribution in [3.63, 3.8) is 0 Å². The second kappa shape index (κ2) is 7.68. The highest BCUT2D eigenvalue weighted by Gasteiger charge is 2.17. The van der Waals surface area contributed by atoms with Crippen molar-refractivity contribution in [3.05, 3.63) is 65.4 Å². The Morgan fingerprint density at radius 3 is 2.46 bits per heavy atom. The summed E-state index contributed by atoms with van der Waals surface area (Å²) in [6.45, 7) is 5.52. The molecule has 28 heavy (non-hydrogen) atoms. The van der Waals surface area contributed by atoms with Crippen LogP contribution < -0.4 is 5.32 Å². The number of benzene rings is 2. The van der Waals surface area contributed by atoms with Crippen LogP contribution in [-0.2, 0) is 6.42 Å². The second-order valence-corrected chi connectivity index (χ2v) is 7.22. The Morgan fingerprint density at radius 1 is 1.11 bits per heavy atom. The molecule has 2 N–H and O–H groups in total. The Hall–Kier alpha value is -3.41. The zero-order chi connectivity index (χ0) is 20.4. The summed E-state index contributed by atoms with van der Waals surface area (Å²) in [6.07, 6.45) is 2.21. The number of carboxylic acids is 1. The molecule has 0 atom stereocenters. The standard InChI is InChI=1S/C22H22N2O4/c1-13(2)8-15-9-16(22(27)28)11-17(10-15)23-21(26)19-12-24(14(3)25)20-7-5-4-6-18(19)20/h4-7,9-13H,8H2,1-3H3,(H,23,26)(H,27,28). The predicted molar refractivity (Wildman–Crippen MR) is 108 cm³/mol. The number of carbonyl (C=O) groups is 3. The van der Waals surface area contributed by atoms with Gasteiger partial charge in [0.05, 0.1) is 16.6 Å². The van der Waals surface area contributed by atoms with Crippen LogP contribution in [-0.4, -0.2) is 27.5 Å². The Morgan fingerprint density at radius 2 is 1.82 bits per heavy atom. The zero-order valence-electron chi connectivity index (χ0n) is 16.0. The van der Waals surface area contributed by atoms with Gasteiger partial charge in [0.2, 0.25) is 5.91 Å². The van der Waals surface area contributed by atoms with Crippen LogP contribution in [0.15, 0.2) is 48.7 Å². The van der Waals surface area contributed by atoms with Crippen LogP contribution in [0.3, 0.4) is 0 Å². The van der Waals surface area contributed by atoms with Gasteiger partial charge < -0.3 is 10.4 Å². The van der Waals surface area contributed by atoms with Crippen molar-refractivity contribution in [2.75, 3.05) is 5.32 Å². The van der Waals surface area contributed by atoms with Crippen LogP contribution in [0.2, 0.25) is 0 Å². The van der Waals surface area contributed by atoms with Crippen LogP contribution in [0, 0.1) is 5.92 Å². The average Bonchev–Trinajstić information content (AvgIpc) is 3.01. The molecule has 2 aromatic carbocycles. The number of hydrogen-bond donors (Lipinski definition) is 2. The number of rotatable bonds is 5. The van der Waals surface area contributed by atoms with Crippen LogP contribution in [0.4, 0.5) is 5.69 Å². The van der Waals surface area contributed by atoms with Crippen molar-refractivity contribution < 1.29 is 19.5 Å². The van der Waals surface area contributed by atoms with Crippen LogP contribution in [0.5, 0.6) is 0 Å². The molecule has 0 radical (unpaired) electrons. The van der Waals surface area contributed by atoms with Crippen LogP contribution in [0.1, 0.15) is 51.8 Å². The summed E-state index contributed by atoms with van der Waals surface area (Å²) < 4.78 is 1.43. The van der Waals surface area contributed by atoms with Gasteiger partial charge in [-0.2, -0.15) is 0 Å². The molecule has 0 saturated heterocycles. The van der Waals surface area contributed by atoms with Crippen molar-refractivity contribution in [1.29, 1.82) is 0 Å². The lowest BCUT2D eigenvalue weighted by Gasteiger charge is -2.11. The van der Waals surface area contributed by atoms with Gasteiger partial charge in [-0.05, 0) is 42.2 Å². The molecule has 3 rings (SSSR count). The zero-order valence-corrected chi connectivity index (χ0v) is 16.0. The van der Waals surface area contributed by atoms with E-state index in [1.165, 1.54) is 23.8 Å². The lowest BCUT2D eigenvalue weighted by molar-refractivity contribution is 0.0696. The van der Waals surface area contributed by atoms with Gasteiger partial charge >= 0.3 is 5.97 Å². The Balaban J connectivity index is 1.99. The summed E-state index contributed by atoms with van der Waals surface area (Å²) in [7, 11) is 0. The van der Waals surface area contributed by atoms with Crippen molar-refractivity contribution in [2.24, 2.45) is 5.92 Å². The van der Waals surface area contributed by atoms with E-state index >= 15 is 0 Å². The fourth-order valence-electron chi connectivity index (χ4n) is 3.30. The Bertz CT molecular complexity index is 1080. The molecule has 1 amide bonds. The Labute approximate surface area is 162 Å². The third kappa shape index (κ3) is 3.96. The number of aromatic carboxylic acids is 1. The summed E-state index contributed by atoms with van der Waals surface area (Å²) in [4.78, 5) is 36.2. The fraction of sp³-hybridized carbons (Fsp3) is 0.227. The largest absolute Gasteiger partial charge is 0.478 e. The van der Waals surface area contributed by atoms with Gasteiger partial charge in [0, 0.05) is 24.2 Å². The van der Waals surface area contributed by atoms with Gasteiger partial charge in [-0.25, -0.2) is 4.79 Å². The molecule has 6 heteroatoms. The van der Waals surface area contributed by atoms with Crippen LogP contribution in [0.25, 0.3) is 10.9 Å². The van der Waals surface area contributed by atoms with E-state index in [-0.39, 0.29) is 11.5 Å². The minimum absolute atomic E-state index is 0.125. The summed E-state index contributed by atoms with van der Waals surface area (Å²) in [5.41, 5.74) is 2.40. The normalized spacial score (nSPS) is 11.0. The van der Waals surface area contributed by atoms with Gasteiger partial charge in [0.25, 0.3) is 5.91 Å².